The number of benzene rings is 1. The summed E-state index contributed by atoms with van der Waals surface area (Å²) in [6, 6.07) is 8.03. The van der Waals surface area contributed by atoms with Gasteiger partial charge in [0.2, 0.25) is 0 Å². The fraction of sp³-hybridized carbons (Fsp3) is 0.375. The summed E-state index contributed by atoms with van der Waals surface area (Å²) in [5.41, 5.74) is -2.59. The van der Waals surface area contributed by atoms with E-state index in [1.165, 1.54) is 30.8 Å². The second-order valence-electron chi connectivity index (χ2n) is 9.59. The van der Waals surface area contributed by atoms with Crippen LogP contribution in [0.15, 0.2) is 53.8 Å². The molecule has 3 aromatic heterocycles. The Morgan fingerprint density at radius 1 is 1.17 bits per heavy atom. The van der Waals surface area contributed by atoms with Gasteiger partial charge >= 0.3 is 11.9 Å². The lowest BCUT2D eigenvalue weighted by atomic mass is 9.75. The quantitative estimate of drug-likeness (QED) is 0.468. The summed E-state index contributed by atoms with van der Waals surface area (Å²) in [7, 11) is 1.85. The van der Waals surface area contributed by atoms with Gasteiger partial charge in [-0.05, 0) is 37.6 Å². The lowest BCUT2D eigenvalue weighted by molar-refractivity contribution is -0.136. The largest absolute Gasteiger partial charge is 0.418 e. The number of pyridine rings is 1. The molecule has 0 radical (unpaired) electrons. The second-order valence-corrected chi connectivity index (χ2v) is 9.59. The number of nitrogens with zero attached hydrogens (tertiary/aromatic N) is 5. The average Bonchev–Trinajstić information content (AvgIpc) is 3.31. The molecule has 0 saturated carbocycles. The number of aryl methyl sites for hydroxylation is 1. The summed E-state index contributed by atoms with van der Waals surface area (Å²) in [6.45, 7) is 3.64. The van der Waals surface area contributed by atoms with Gasteiger partial charge in [0.05, 0.1) is 35.6 Å². The first-order valence-electron chi connectivity index (χ1n) is 11.0. The monoisotopic (exact) mass is 487 g/mol. The van der Waals surface area contributed by atoms with Gasteiger partial charge in [-0.15, -0.1) is 10.2 Å². The molecule has 4 aromatic rings. The zero-order valence-corrected chi connectivity index (χ0v) is 19.4. The molecule has 35 heavy (non-hydrogen) atoms. The summed E-state index contributed by atoms with van der Waals surface area (Å²) in [6.07, 6.45) is -0.0950. The van der Waals surface area contributed by atoms with E-state index in [2.05, 4.69) is 10.2 Å². The van der Waals surface area contributed by atoms with Crippen LogP contribution in [-0.4, -0.2) is 42.1 Å². The fourth-order valence-electron chi connectivity index (χ4n) is 4.41. The van der Waals surface area contributed by atoms with E-state index in [0.29, 0.717) is 25.3 Å². The molecule has 0 unspecified atom stereocenters. The highest BCUT2D eigenvalue weighted by Crippen LogP contribution is 2.37. The number of halogens is 3. The molecule has 184 valence electrons. The number of fused-ring (bicyclic) bond motifs is 1. The van der Waals surface area contributed by atoms with Gasteiger partial charge in [0, 0.05) is 36.8 Å². The normalized spacial score (nSPS) is 16.0. The highest BCUT2D eigenvalue weighted by atomic mass is 19.4. The summed E-state index contributed by atoms with van der Waals surface area (Å²) in [4.78, 5) is 13.3. The maximum absolute atomic E-state index is 13.9. The van der Waals surface area contributed by atoms with E-state index in [4.69, 9.17) is 4.74 Å². The van der Waals surface area contributed by atoms with Crippen molar-refractivity contribution in [1.82, 2.24) is 23.7 Å². The summed E-state index contributed by atoms with van der Waals surface area (Å²) >= 11 is 0. The molecule has 1 fully saturated rings. The third-order valence-electron chi connectivity index (χ3n) is 6.57. The lowest BCUT2D eigenvalue weighted by Gasteiger charge is -2.41. The van der Waals surface area contributed by atoms with Crippen LogP contribution in [0.3, 0.4) is 0 Å². The molecule has 1 aliphatic heterocycles. The van der Waals surface area contributed by atoms with E-state index in [9.17, 15) is 23.1 Å². The molecule has 1 aliphatic rings. The van der Waals surface area contributed by atoms with Crippen molar-refractivity contribution in [3.05, 3.63) is 82.1 Å². The standard InChI is InChI=1S/C24H24F3N5O3/c1-22(2,34)16-8-18(24(25,26)27)19-11-31(21(33)32(19)10-16)17-6-4-5-15(7-17)23(12-35-13-23)9-20-29-28-14-30(20)3/h4-8,10-11,14,34H,9,12-13H2,1-3H3. The van der Waals surface area contributed by atoms with Crippen LogP contribution in [0.4, 0.5) is 13.2 Å². The topological polar surface area (TPSA) is 86.6 Å². The van der Waals surface area contributed by atoms with Gasteiger partial charge in [-0.1, -0.05) is 12.1 Å². The number of aromatic nitrogens is 5. The molecule has 5 rings (SSSR count). The molecule has 0 atom stereocenters. The second kappa shape index (κ2) is 7.79. The van der Waals surface area contributed by atoms with Crippen LogP contribution in [0.2, 0.25) is 0 Å². The Kier molecular flexibility index (Phi) is 5.19. The van der Waals surface area contributed by atoms with Crippen molar-refractivity contribution < 1.29 is 23.0 Å². The highest BCUT2D eigenvalue weighted by molar-refractivity contribution is 5.58. The Morgan fingerprint density at radius 2 is 1.91 bits per heavy atom. The summed E-state index contributed by atoms with van der Waals surface area (Å²) in [5, 5.41) is 18.4. The Bertz CT molecular complexity index is 1470. The minimum Gasteiger partial charge on any atom is -0.386 e. The average molecular weight is 487 g/mol. The van der Waals surface area contributed by atoms with Crippen LogP contribution in [0, 0.1) is 0 Å². The van der Waals surface area contributed by atoms with Crippen molar-refractivity contribution in [2.45, 2.75) is 37.5 Å². The number of ether oxygens (including phenoxy) is 1. The van der Waals surface area contributed by atoms with Crippen LogP contribution >= 0.6 is 0 Å². The molecule has 0 bridgehead atoms. The number of aliphatic hydroxyl groups is 1. The van der Waals surface area contributed by atoms with Gasteiger partial charge in [-0.2, -0.15) is 13.2 Å². The van der Waals surface area contributed by atoms with E-state index in [-0.39, 0.29) is 16.5 Å². The molecule has 0 spiro atoms. The van der Waals surface area contributed by atoms with Crippen molar-refractivity contribution in [2.75, 3.05) is 13.2 Å². The lowest BCUT2D eigenvalue weighted by Crippen LogP contribution is -2.49. The van der Waals surface area contributed by atoms with E-state index in [0.717, 1.165) is 21.9 Å². The zero-order valence-electron chi connectivity index (χ0n) is 19.4. The van der Waals surface area contributed by atoms with Gasteiger partial charge in [0.15, 0.2) is 0 Å². The predicted octanol–water partition coefficient (Wildman–Crippen LogP) is 2.98. The Hall–Kier alpha value is -3.44. The van der Waals surface area contributed by atoms with Gasteiger partial charge < -0.3 is 14.4 Å². The molecule has 0 aliphatic carbocycles. The van der Waals surface area contributed by atoms with Crippen LogP contribution in [0.5, 0.6) is 0 Å². The zero-order chi connectivity index (χ0) is 25.2. The third kappa shape index (κ3) is 3.94. The number of alkyl halides is 3. The molecule has 1 N–H and O–H groups in total. The fourth-order valence-corrected chi connectivity index (χ4v) is 4.41. The number of rotatable bonds is 5. The van der Waals surface area contributed by atoms with Gasteiger partial charge in [0.25, 0.3) is 0 Å². The first-order chi connectivity index (χ1) is 16.4. The molecule has 1 aromatic carbocycles. The van der Waals surface area contributed by atoms with E-state index in [1.54, 1.807) is 24.5 Å². The molecule has 0 amide bonds. The molecular weight excluding hydrogens is 463 g/mol. The van der Waals surface area contributed by atoms with Crippen molar-refractivity contribution in [2.24, 2.45) is 7.05 Å². The number of imidazole rings is 1. The van der Waals surface area contributed by atoms with Gasteiger partial charge in [-0.3, -0.25) is 8.97 Å². The Morgan fingerprint density at radius 3 is 2.49 bits per heavy atom. The van der Waals surface area contributed by atoms with Gasteiger partial charge in [-0.25, -0.2) is 4.79 Å². The first-order valence-corrected chi connectivity index (χ1v) is 11.0. The van der Waals surface area contributed by atoms with Crippen LogP contribution < -0.4 is 5.69 Å². The van der Waals surface area contributed by atoms with Crippen molar-refractivity contribution in [1.29, 1.82) is 0 Å². The molecular formula is C24H24F3N5O3. The first kappa shape index (κ1) is 23.3. The minimum atomic E-state index is -4.71. The molecule has 4 heterocycles. The maximum Gasteiger partial charge on any atom is 0.418 e. The SMILES string of the molecule is Cn1cnnc1CC1(c2cccc(-n3cc4c(C(F)(F)F)cc(C(C)(C)O)cn4c3=O)c2)COC1. The molecule has 11 heteroatoms. The van der Waals surface area contributed by atoms with Crippen molar-refractivity contribution in [3.63, 3.8) is 0 Å². The van der Waals surface area contributed by atoms with Crippen LogP contribution in [0.25, 0.3) is 11.2 Å². The number of hydrogen-bond acceptors (Lipinski definition) is 5. The number of hydrogen-bond donors (Lipinski definition) is 1. The van der Waals surface area contributed by atoms with Crippen LogP contribution in [-0.2, 0) is 35.4 Å². The van der Waals surface area contributed by atoms with Crippen molar-refractivity contribution in [3.8, 4) is 5.69 Å². The van der Waals surface area contributed by atoms with E-state index in [1.807, 2.05) is 17.7 Å². The smallest absolute Gasteiger partial charge is 0.386 e. The highest BCUT2D eigenvalue weighted by Gasteiger charge is 2.42. The summed E-state index contributed by atoms with van der Waals surface area (Å²) < 4.78 is 51.1. The molecule has 8 nitrogen and oxygen atoms in total. The third-order valence-corrected chi connectivity index (χ3v) is 6.57. The maximum atomic E-state index is 13.9. The Balaban J connectivity index is 1.64. The van der Waals surface area contributed by atoms with Crippen LogP contribution in [0.1, 0.15) is 36.4 Å². The van der Waals surface area contributed by atoms with Gasteiger partial charge in [0.1, 0.15) is 12.2 Å². The minimum absolute atomic E-state index is 0.0137. The van der Waals surface area contributed by atoms with Crippen molar-refractivity contribution >= 4 is 5.52 Å². The molecule has 1 saturated heterocycles. The van der Waals surface area contributed by atoms with E-state index < -0.39 is 23.0 Å². The predicted molar refractivity (Wildman–Crippen MR) is 120 cm³/mol. The van der Waals surface area contributed by atoms with E-state index >= 15 is 0 Å². The Labute approximate surface area is 198 Å². The summed E-state index contributed by atoms with van der Waals surface area (Å²) in [5.74, 6) is 0.777.